The predicted octanol–water partition coefficient (Wildman–Crippen LogP) is 7.67. The van der Waals surface area contributed by atoms with Crippen LogP contribution in [0.5, 0.6) is 0 Å². The monoisotopic (exact) mass is 821 g/mol. The summed E-state index contributed by atoms with van der Waals surface area (Å²) < 4.78 is 33.4. The van der Waals surface area contributed by atoms with Crippen LogP contribution in [0.15, 0.2) is 24.3 Å². The first-order chi connectivity index (χ1) is 26.9. The minimum atomic E-state index is -5.11. The third-order valence-corrected chi connectivity index (χ3v) is 11.0. The molecule has 328 valence electrons. The summed E-state index contributed by atoms with van der Waals surface area (Å²) in [6.07, 6.45) is 21.0. The number of aliphatic hydroxyl groups is 5. The largest absolute Gasteiger partial charge is 0.472 e. The Balaban J connectivity index is 2.46. The van der Waals surface area contributed by atoms with Crippen molar-refractivity contribution in [3.8, 4) is 0 Å². The lowest BCUT2D eigenvalue weighted by atomic mass is 9.85. The quantitative estimate of drug-likeness (QED) is 0.0157. The summed E-state index contributed by atoms with van der Waals surface area (Å²) in [7, 11) is -5.11. The second-order valence-electron chi connectivity index (χ2n) is 15.2. The maximum Gasteiger partial charge on any atom is 0.472 e. The van der Waals surface area contributed by atoms with E-state index < -0.39 is 75.7 Å². The summed E-state index contributed by atoms with van der Waals surface area (Å²) in [5.74, 6) is -1.11. The molecule has 0 saturated heterocycles. The number of hydrogen-bond acceptors (Lipinski definition) is 12. The van der Waals surface area contributed by atoms with E-state index in [0.717, 1.165) is 70.6 Å². The lowest BCUT2D eigenvalue weighted by Crippen LogP contribution is -2.64. The van der Waals surface area contributed by atoms with E-state index in [1.165, 1.54) is 64.2 Å². The number of aliphatic hydroxyl groups excluding tert-OH is 5. The van der Waals surface area contributed by atoms with Gasteiger partial charge in [-0.1, -0.05) is 141 Å². The van der Waals surface area contributed by atoms with Gasteiger partial charge in [-0.05, 0) is 44.9 Å². The summed E-state index contributed by atoms with van der Waals surface area (Å²) in [5.41, 5.74) is 0. The van der Waals surface area contributed by atoms with Crippen molar-refractivity contribution in [2.24, 2.45) is 0 Å². The molecule has 0 aromatic heterocycles. The molecule has 1 saturated carbocycles. The summed E-state index contributed by atoms with van der Waals surface area (Å²) in [4.78, 5) is 35.5. The maximum absolute atomic E-state index is 12.8. The number of phosphoric ester groups is 1. The van der Waals surface area contributed by atoms with Crippen molar-refractivity contribution in [2.45, 2.75) is 217 Å². The smallest absolute Gasteiger partial charge is 0.462 e. The van der Waals surface area contributed by atoms with Gasteiger partial charge in [-0.3, -0.25) is 18.6 Å². The van der Waals surface area contributed by atoms with Crippen LogP contribution in [0.4, 0.5) is 0 Å². The number of esters is 2. The highest BCUT2D eigenvalue weighted by molar-refractivity contribution is 7.47. The zero-order valence-corrected chi connectivity index (χ0v) is 35.3. The highest BCUT2D eigenvalue weighted by atomic mass is 31.2. The van der Waals surface area contributed by atoms with Gasteiger partial charge in [0.25, 0.3) is 0 Å². The first-order valence-electron chi connectivity index (χ1n) is 21.6. The van der Waals surface area contributed by atoms with Gasteiger partial charge >= 0.3 is 19.8 Å². The molecule has 0 amide bonds. The van der Waals surface area contributed by atoms with Crippen LogP contribution >= 0.6 is 7.82 Å². The van der Waals surface area contributed by atoms with Crippen molar-refractivity contribution < 1.29 is 63.1 Å². The Morgan fingerprint density at radius 1 is 0.554 bits per heavy atom. The van der Waals surface area contributed by atoms with Crippen molar-refractivity contribution in [3.05, 3.63) is 24.3 Å². The molecule has 0 radical (unpaired) electrons. The van der Waals surface area contributed by atoms with Crippen LogP contribution in [-0.2, 0) is 32.7 Å². The number of rotatable bonds is 35. The van der Waals surface area contributed by atoms with Gasteiger partial charge in [-0.25, -0.2) is 4.57 Å². The standard InChI is InChI=1S/C42H77O13P/c1-3-5-7-9-11-13-15-16-17-18-19-20-21-23-24-26-28-30-35(43)52-32-34(54-36(44)31-29-27-25-22-14-12-10-8-6-4-2)33-53-56(50,51)55-42-40(48)38(46)37(45)39(47)41(42)49/h11,13,16-17,34,37-42,45-49H,3-10,12,14-15,18-33H2,1-2H3,(H,50,51)/b13-11+,17-16+/t34-,37?,38-,39?,40?,41?,42?/m0/s1. The topological polar surface area (TPSA) is 210 Å². The van der Waals surface area contributed by atoms with Crippen molar-refractivity contribution in [3.63, 3.8) is 0 Å². The van der Waals surface area contributed by atoms with Crippen LogP contribution in [0.1, 0.15) is 174 Å². The molecule has 6 N–H and O–H groups in total. The molecule has 0 aromatic rings. The van der Waals surface area contributed by atoms with Gasteiger partial charge in [-0.2, -0.15) is 0 Å². The van der Waals surface area contributed by atoms with Gasteiger partial charge in [0.1, 0.15) is 43.2 Å². The van der Waals surface area contributed by atoms with Gasteiger partial charge in [0.2, 0.25) is 0 Å². The van der Waals surface area contributed by atoms with E-state index in [0.29, 0.717) is 12.8 Å². The number of allylic oxidation sites excluding steroid dienone is 4. The summed E-state index contributed by atoms with van der Waals surface area (Å²) >= 11 is 0. The molecule has 0 spiro atoms. The Morgan fingerprint density at radius 2 is 0.964 bits per heavy atom. The first kappa shape index (κ1) is 52.3. The number of phosphoric acid groups is 1. The number of unbranched alkanes of at least 4 members (excludes halogenated alkanes) is 19. The third kappa shape index (κ3) is 25.6. The lowest BCUT2D eigenvalue weighted by Gasteiger charge is -2.41. The fraction of sp³-hybridized carbons (Fsp3) is 0.857. The predicted molar refractivity (Wildman–Crippen MR) is 217 cm³/mol. The van der Waals surface area contributed by atoms with Crippen LogP contribution in [0.3, 0.4) is 0 Å². The van der Waals surface area contributed by atoms with Crippen molar-refractivity contribution in [1.29, 1.82) is 0 Å². The van der Waals surface area contributed by atoms with Crippen LogP contribution in [0.2, 0.25) is 0 Å². The second kappa shape index (κ2) is 33.2. The molecule has 56 heavy (non-hydrogen) atoms. The fourth-order valence-corrected chi connectivity index (χ4v) is 7.47. The third-order valence-electron chi connectivity index (χ3n) is 10.0. The highest BCUT2D eigenvalue weighted by Gasteiger charge is 2.51. The Labute approximate surface area is 336 Å². The highest BCUT2D eigenvalue weighted by Crippen LogP contribution is 2.47. The Hall–Kier alpha value is -1.67. The van der Waals surface area contributed by atoms with Gasteiger partial charge in [0.15, 0.2) is 6.10 Å². The zero-order chi connectivity index (χ0) is 41.4. The summed E-state index contributed by atoms with van der Waals surface area (Å²) in [5, 5.41) is 50.0. The Morgan fingerprint density at radius 3 is 1.48 bits per heavy atom. The molecule has 1 aliphatic rings. The van der Waals surface area contributed by atoms with E-state index in [2.05, 4.69) is 38.2 Å². The van der Waals surface area contributed by atoms with E-state index in [9.17, 15) is 44.6 Å². The van der Waals surface area contributed by atoms with E-state index in [1.54, 1.807) is 0 Å². The average Bonchev–Trinajstić information content (AvgIpc) is 3.18. The normalized spacial score (nSPS) is 23.1. The molecule has 0 heterocycles. The van der Waals surface area contributed by atoms with Crippen LogP contribution < -0.4 is 0 Å². The molecule has 14 heteroatoms. The minimum absolute atomic E-state index is 0.0976. The fourth-order valence-electron chi connectivity index (χ4n) is 6.49. The van der Waals surface area contributed by atoms with Crippen LogP contribution in [0, 0.1) is 0 Å². The molecule has 0 bridgehead atoms. The van der Waals surface area contributed by atoms with Gasteiger partial charge in [0.05, 0.1) is 6.61 Å². The van der Waals surface area contributed by atoms with Gasteiger partial charge in [-0.15, -0.1) is 0 Å². The second-order valence-corrected chi connectivity index (χ2v) is 16.6. The van der Waals surface area contributed by atoms with Crippen LogP contribution in [-0.4, -0.2) is 98.3 Å². The molecule has 0 aliphatic heterocycles. The molecule has 13 nitrogen and oxygen atoms in total. The van der Waals surface area contributed by atoms with Crippen molar-refractivity contribution in [2.75, 3.05) is 13.2 Å². The first-order valence-corrected chi connectivity index (χ1v) is 23.1. The molecule has 1 aliphatic carbocycles. The van der Waals surface area contributed by atoms with Crippen LogP contribution in [0.25, 0.3) is 0 Å². The molecular formula is C42H77O13P. The maximum atomic E-state index is 12.8. The molecule has 6 unspecified atom stereocenters. The molecule has 1 rings (SSSR count). The summed E-state index contributed by atoms with van der Waals surface area (Å²) in [6.45, 7) is 3.23. The number of carbonyl (C=O) groups excluding carboxylic acids is 2. The lowest BCUT2D eigenvalue weighted by molar-refractivity contribution is -0.220. The van der Waals surface area contributed by atoms with E-state index in [-0.39, 0.29) is 12.8 Å². The minimum Gasteiger partial charge on any atom is -0.462 e. The number of carbonyl (C=O) groups is 2. The Kier molecular flexibility index (Phi) is 31.0. The molecule has 1 fully saturated rings. The van der Waals surface area contributed by atoms with E-state index in [4.69, 9.17) is 18.5 Å². The van der Waals surface area contributed by atoms with E-state index in [1.807, 2.05) is 0 Å². The molecule has 0 aromatic carbocycles. The average molecular weight is 821 g/mol. The van der Waals surface area contributed by atoms with Gasteiger partial charge in [0, 0.05) is 12.8 Å². The molecule has 8 atom stereocenters. The number of ether oxygens (including phenoxy) is 2. The SMILES string of the molecule is CCCCC/C=C/C/C=C/CCCCCCCCCC(=O)OC[C@@H](COP(=O)(O)OC1C(O)C(O)C(O)[C@H](O)C1O)OC(=O)CCCCCCCCCCCC. The zero-order valence-electron chi connectivity index (χ0n) is 34.4. The Bertz CT molecular complexity index is 1090. The number of hydrogen-bond donors (Lipinski definition) is 6. The van der Waals surface area contributed by atoms with E-state index >= 15 is 0 Å². The van der Waals surface area contributed by atoms with Crippen molar-refractivity contribution >= 4 is 19.8 Å². The summed E-state index contributed by atoms with van der Waals surface area (Å²) in [6, 6.07) is 0. The van der Waals surface area contributed by atoms with Crippen molar-refractivity contribution in [1.82, 2.24) is 0 Å². The molecular weight excluding hydrogens is 743 g/mol. The van der Waals surface area contributed by atoms with Gasteiger partial charge < -0.3 is 39.9 Å².